The third kappa shape index (κ3) is 3.67. The van der Waals surface area contributed by atoms with Crippen LogP contribution < -0.4 is 0 Å². The number of ether oxygens (including phenoxy) is 1. The van der Waals surface area contributed by atoms with E-state index in [4.69, 9.17) is 4.74 Å². The number of benzene rings is 1. The summed E-state index contributed by atoms with van der Waals surface area (Å²) < 4.78 is 6.44. The van der Waals surface area contributed by atoms with Gasteiger partial charge in [-0.2, -0.15) is 0 Å². The largest absolute Gasteiger partial charge is 0.444 e. The van der Waals surface area contributed by atoms with Crippen LogP contribution in [0.25, 0.3) is 10.2 Å². The molecule has 1 heterocycles. The van der Waals surface area contributed by atoms with E-state index in [1.54, 1.807) is 23.3 Å². The molecule has 0 spiro atoms. The summed E-state index contributed by atoms with van der Waals surface area (Å²) in [5.41, 5.74) is 0.499. The Labute approximate surface area is 117 Å². The second-order valence-electron chi connectivity index (χ2n) is 5.41. The first-order chi connectivity index (χ1) is 8.85. The number of hydrogen-bond acceptors (Lipinski definition) is 4. The van der Waals surface area contributed by atoms with Crippen LogP contribution in [-0.4, -0.2) is 28.6 Å². The van der Waals surface area contributed by atoms with E-state index in [0.29, 0.717) is 6.54 Å². The highest BCUT2D eigenvalue weighted by Crippen LogP contribution is 2.22. The molecule has 0 atom stereocenters. The maximum Gasteiger partial charge on any atom is 0.410 e. The summed E-state index contributed by atoms with van der Waals surface area (Å²) in [5.74, 6) is 0. The van der Waals surface area contributed by atoms with Crippen LogP contribution in [0.4, 0.5) is 4.79 Å². The van der Waals surface area contributed by atoms with Gasteiger partial charge in [-0.05, 0) is 32.9 Å². The highest BCUT2D eigenvalue weighted by Gasteiger charge is 2.20. The van der Waals surface area contributed by atoms with Crippen molar-refractivity contribution in [2.24, 2.45) is 0 Å². The second-order valence-corrected chi connectivity index (χ2v) is 6.53. The van der Waals surface area contributed by atoms with Crippen molar-refractivity contribution in [3.8, 4) is 0 Å². The first kappa shape index (κ1) is 13.8. The van der Waals surface area contributed by atoms with Crippen LogP contribution in [0.5, 0.6) is 0 Å². The number of carbonyl (C=O) groups is 1. The molecule has 1 aromatic carbocycles. The van der Waals surface area contributed by atoms with Gasteiger partial charge in [-0.25, -0.2) is 9.78 Å². The van der Waals surface area contributed by atoms with Crippen LogP contribution in [0.2, 0.25) is 0 Å². The SMILES string of the molecule is CN(Cc1nc2ccccc2s1)C(=O)OC(C)(C)C. The van der Waals surface area contributed by atoms with E-state index >= 15 is 0 Å². The van der Waals surface area contributed by atoms with Crippen LogP contribution in [0.3, 0.4) is 0 Å². The van der Waals surface area contributed by atoms with Gasteiger partial charge in [0, 0.05) is 7.05 Å². The number of amides is 1. The van der Waals surface area contributed by atoms with E-state index in [0.717, 1.165) is 15.2 Å². The molecule has 1 aromatic heterocycles. The summed E-state index contributed by atoms with van der Waals surface area (Å²) in [7, 11) is 1.72. The van der Waals surface area contributed by atoms with Crippen molar-refractivity contribution in [3.63, 3.8) is 0 Å². The Hall–Kier alpha value is -1.62. The fraction of sp³-hybridized carbons (Fsp3) is 0.429. The van der Waals surface area contributed by atoms with E-state index in [9.17, 15) is 4.79 Å². The van der Waals surface area contributed by atoms with E-state index in [1.807, 2.05) is 45.0 Å². The molecule has 2 rings (SSSR count). The summed E-state index contributed by atoms with van der Waals surface area (Å²) >= 11 is 1.60. The molecule has 0 saturated heterocycles. The minimum atomic E-state index is -0.473. The minimum Gasteiger partial charge on any atom is -0.444 e. The fourth-order valence-electron chi connectivity index (χ4n) is 1.59. The lowest BCUT2D eigenvalue weighted by Crippen LogP contribution is -2.33. The molecule has 0 aliphatic heterocycles. The summed E-state index contributed by atoms with van der Waals surface area (Å²) in [4.78, 5) is 17.9. The average Bonchev–Trinajstić information content (AvgIpc) is 2.68. The molecule has 2 aromatic rings. The van der Waals surface area contributed by atoms with Gasteiger partial charge in [0.2, 0.25) is 0 Å². The summed E-state index contributed by atoms with van der Waals surface area (Å²) in [6, 6.07) is 7.96. The Morgan fingerprint density at radius 2 is 2.05 bits per heavy atom. The molecule has 102 valence electrons. The van der Waals surface area contributed by atoms with Crippen LogP contribution >= 0.6 is 11.3 Å². The van der Waals surface area contributed by atoms with Crippen molar-refractivity contribution in [1.29, 1.82) is 0 Å². The summed E-state index contributed by atoms with van der Waals surface area (Å²) in [5, 5.41) is 0.912. The van der Waals surface area contributed by atoms with Crippen molar-refractivity contribution < 1.29 is 9.53 Å². The Morgan fingerprint density at radius 1 is 1.37 bits per heavy atom. The third-order valence-electron chi connectivity index (χ3n) is 2.42. The summed E-state index contributed by atoms with van der Waals surface area (Å²) in [6.07, 6.45) is -0.327. The average molecular weight is 278 g/mol. The molecule has 0 radical (unpaired) electrons. The number of fused-ring (bicyclic) bond motifs is 1. The lowest BCUT2D eigenvalue weighted by molar-refractivity contribution is 0.0285. The fourth-order valence-corrected chi connectivity index (χ4v) is 2.62. The maximum atomic E-state index is 11.9. The van der Waals surface area contributed by atoms with Gasteiger partial charge in [0.25, 0.3) is 0 Å². The lowest BCUT2D eigenvalue weighted by Gasteiger charge is -2.24. The van der Waals surface area contributed by atoms with E-state index in [2.05, 4.69) is 4.98 Å². The molecular weight excluding hydrogens is 260 g/mol. The van der Waals surface area contributed by atoms with Gasteiger partial charge >= 0.3 is 6.09 Å². The van der Waals surface area contributed by atoms with Crippen molar-refractivity contribution in [2.75, 3.05) is 7.05 Å². The predicted molar refractivity (Wildman–Crippen MR) is 77.3 cm³/mol. The molecule has 0 aliphatic rings. The minimum absolute atomic E-state index is 0.327. The molecule has 19 heavy (non-hydrogen) atoms. The molecule has 1 amide bonds. The highest BCUT2D eigenvalue weighted by atomic mass is 32.1. The van der Waals surface area contributed by atoms with Crippen LogP contribution in [-0.2, 0) is 11.3 Å². The Bertz CT molecular complexity index is 553. The Morgan fingerprint density at radius 3 is 2.68 bits per heavy atom. The number of nitrogens with zero attached hydrogens (tertiary/aromatic N) is 2. The molecular formula is C14H18N2O2S. The van der Waals surface area contributed by atoms with Gasteiger partial charge in [-0.1, -0.05) is 12.1 Å². The topological polar surface area (TPSA) is 42.4 Å². The van der Waals surface area contributed by atoms with E-state index in [-0.39, 0.29) is 6.09 Å². The zero-order valence-corrected chi connectivity index (χ0v) is 12.5. The molecule has 0 unspecified atom stereocenters. The van der Waals surface area contributed by atoms with Gasteiger partial charge < -0.3 is 9.64 Å². The molecule has 0 saturated carbocycles. The second kappa shape index (κ2) is 5.17. The molecule has 0 fully saturated rings. The number of thiazole rings is 1. The van der Waals surface area contributed by atoms with Crippen LogP contribution in [0, 0.1) is 0 Å². The smallest absolute Gasteiger partial charge is 0.410 e. The molecule has 4 nitrogen and oxygen atoms in total. The first-order valence-corrected chi connectivity index (χ1v) is 6.95. The number of carbonyl (C=O) groups excluding carboxylic acids is 1. The number of para-hydroxylation sites is 1. The van der Waals surface area contributed by atoms with E-state index < -0.39 is 5.60 Å². The van der Waals surface area contributed by atoms with Gasteiger partial charge in [-0.3, -0.25) is 0 Å². The molecule has 5 heteroatoms. The van der Waals surface area contributed by atoms with Crippen molar-refractivity contribution in [3.05, 3.63) is 29.3 Å². The number of hydrogen-bond donors (Lipinski definition) is 0. The standard InChI is InChI=1S/C14H18N2O2S/c1-14(2,3)18-13(17)16(4)9-12-15-10-7-5-6-8-11(10)19-12/h5-8H,9H2,1-4H3. The van der Waals surface area contributed by atoms with Crippen molar-refractivity contribution >= 4 is 27.6 Å². The van der Waals surface area contributed by atoms with Gasteiger partial charge in [0.15, 0.2) is 0 Å². The van der Waals surface area contributed by atoms with Crippen molar-refractivity contribution in [1.82, 2.24) is 9.88 Å². The maximum absolute atomic E-state index is 11.9. The van der Waals surface area contributed by atoms with Gasteiger partial charge in [0.1, 0.15) is 10.6 Å². The lowest BCUT2D eigenvalue weighted by atomic mass is 10.2. The predicted octanol–water partition coefficient (Wildman–Crippen LogP) is 3.66. The van der Waals surface area contributed by atoms with Gasteiger partial charge in [0.05, 0.1) is 16.8 Å². The number of aromatic nitrogens is 1. The number of rotatable bonds is 2. The highest BCUT2D eigenvalue weighted by molar-refractivity contribution is 7.18. The third-order valence-corrected chi connectivity index (χ3v) is 3.44. The molecule has 0 bridgehead atoms. The quantitative estimate of drug-likeness (QED) is 0.842. The molecule has 0 aliphatic carbocycles. The molecule has 0 N–H and O–H groups in total. The zero-order valence-electron chi connectivity index (χ0n) is 11.6. The van der Waals surface area contributed by atoms with Gasteiger partial charge in [-0.15, -0.1) is 11.3 Å². The summed E-state index contributed by atoms with van der Waals surface area (Å²) in [6.45, 7) is 6.04. The van der Waals surface area contributed by atoms with Crippen LogP contribution in [0.1, 0.15) is 25.8 Å². The van der Waals surface area contributed by atoms with Crippen LogP contribution in [0.15, 0.2) is 24.3 Å². The Kier molecular flexibility index (Phi) is 3.75. The normalized spacial score (nSPS) is 11.6. The van der Waals surface area contributed by atoms with E-state index in [1.165, 1.54) is 0 Å². The monoisotopic (exact) mass is 278 g/mol. The zero-order chi connectivity index (χ0) is 14.0. The Balaban J connectivity index is 2.06. The van der Waals surface area contributed by atoms with Crippen molar-refractivity contribution in [2.45, 2.75) is 32.9 Å². The first-order valence-electron chi connectivity index (χ1n) is 6.14.